The first kappa shape index (κ1) is 10.7. The lowest BCUT2D eigenvalue weighted by Gasteiger charge is -2.05. The van der Waals surface area contributed by atoms with E-state index in [9.17, 15) is 4.79 Å². The van der Waals surface area contributed by atoms with Gasteiger partial charge >= 0.3 is 5.97 Å². The van der Waals surface area contributed by atoms with Crippen molar-refractivity contribution >= 4 is 17.6 Å². The summed E-state index contributed by atoms with van der Waals surface area (Å²) in [4.78, 5) is 10.6. The van der Waals surface area contributed by atoms with E-state index in [0.29, 0.717) is 5.02 Å². The smallest absolute Gasteiger partial charge is 0.325 e. The zero-order valence-corrected chi connectivity index (χ0v) is 9.05. The highest BCUT2D eigenvalue weighted by Gasteiger charge is 2.08. The Labute approximate surface area is 97.1 Å². The number of aliphatic carboxylic acids is 1. The molecule has 0 bridgehead atoms. The normalized spacial score (nSPS) is 10.3. The molecule has 1 heterocycles. The third kappa shape index (κ3) is 2.23. The number of hydrogen-bond acceptors (Lipinski definition) is 2. The van der Waals surface area contributed by atoms with Crippen LogP contribution in [0, 0.1) is 0 Å². The second kappa shape index (κ2) is 4.37. The molecule has 0 unspecified atom stereocenters. The maximum Gasteiger partial charge on any atom is 0.325 e. The average molecular weight is 237 g/mol. The van der Waals surface area contributed by atoms with Crippen molar-refractivity contribution in [3.8, 4) is 11.3 Å². The number of aromatic nitrogens is 2. The van der Waals surface area contributed by atoms with Crippen molar-refractivity contribution in [1.82, 2.24) is 9.78 Å². The van der Waals surface area contributed by atoms with Crippen LogP contribution in [-0.4, -0.2) is 20.9 Å². The van der Waals surface area contributed by atoms with E-state index < -0.39 is 5.97 Å². The van der Waals surface area contributed by atoms with Gasteiger partial charge in [-0.2, -0.15) is 5.10 Å². The molecule has 1 aromatic heterocycles. The first-order valence-corrected chi connectivity index (χ1v) is 5.04. The lowest BCUT2D eigenvalue weighted by Crippen LogP contribution is -2.11. The molecule has 2 aromatic rings. The fourth-order valence-electron chi connectivity index (χ4n) is 1.48. The monoisotopic (exact) mass is 236 g/mol. The van der Waals surface area contributed by atoms with E-state index in [-0.39, 0.29) is 6.54 Å². The van der Waals surface area contributed by atoms with Crippen LogP contribution in [0.5, 0.6) is 0 Å². The number of carboxylic acid groups (broad SMARTS) is 1. The number of nitrogens with zero attached hydrogens (tertiary/aromatic N) is 2. The third-order valence-electron chi connectivity index (χ3n) is 2.12. The van der Waals surface area contributed by atoms with Gasteiger partial charge in [-0.3, -0.25) is 9.48 Å². The second-order valence-electron chi connectivity index (χ2n) is 3.28. The Hall–Kier alpha value is -1.81. The lowest BCUT2D eigenvalue weighted by atomic mass is 10.1. The Morgan fingerprint density at radius 2 is 2.25 bits per heavy atom. The minimum absolute atomic E-state index is 0.158. The van der Waals surface area contributed by atoms with Gasteiger partial charge in [0, 0.05) is 16.8 Å². The first-order chi connectivity index (χ1) is 7.66. The van der Waals surface area contributed by atoms with E-state index in [1.807, 2.05) is 12.1 Å². The summed E-state index contributed by atoms with van der Waals surface area (Å²) < 4.78 is 1.42. The molecule has 0 spiro atoms. The van der Waals surface area contributed by atoms with Gasteiger partial charge < -0.3 is 5.11 Å². The SMILES string of the molecule is O=C(O)Cn1nccc1-c1cccc(Cl)c1. The van der Waals surface area contributed by atoms with Crippen molar-refractivity contribution in [2.75, 3.05) is 0 Å². The Balaban J connectivity index is 2.40. The molecule has 1 N–H and O–H groups in total. The van der Waals surface area contributed by atoms with Gasteiger partial charge in [-0.1, -0.05) is 23.7 Å². The Kier molecular flexibility index (Phi) is 2.92. The van der Waals surface area contributed by atoms with Gasteiger partial charge in [-0.15, -0.1) is 0 Å². The minimum Gasteiger partial charge on any atom is -0.480 e. The molecule has 0 aliphatic heterocycles. The zero-order chi connectivity index (χ0) is 11.5. The van der Waals surface area contributed by atoms with E-state index in [1.54, 1.807) is 24.4 Å². The molecule has 0 aliphatic carbocycles. The number of carboxylic acids is 1. The molecule has 0 aliphatic rings. The lowest BCUT2D eigenvalue weighted by molar-refractivity contribution is -0.137. The number of rotatable bonds is 3. The predicted molar refractivity (Wildman–Crippen MR) is 60.3 cm³/mol. The summed E-state index contributed by atoms with van der Waals surface area (Å²) in [6.07, 6.45) is 1.57. The van der Waals surface area contributed by atoms with E-state index in [0.717, 1.165) is 11.3 Å². The quantitative estimate of drug-likeness (QED) is 0.890. The van der Waals surface area contributed by atoms with Crippen molar-refractivity contribution < 1.29 is 9.90 Å². The van der Waals surface area contributed by atoms with Gasteiger partial charge in [-0.25, -0.2) is 0 Å². The van der Waals surface area contributed by atoms with Crippen LogP contribution in [0.2, 0.25) is 5.02 Å². The maximum absolute atomic E-state index is 10.6. The molecular formula is C11H9ClN2O2. The second-order valence-corrected chi connectivity index (χ2v) is 3.71. The van der Waals surface area contributed by atoms with Crippen LogP contribution in [0.15, 0.2) is 36.5 Å². The van der Waals surface area contributed by atoms with Crippen LogP contribution >= 0.6 is 11.6 Å². The summed E-state index contributed by atoms with van der Waals surface area (Å²) in [6, 6.07) is 8.98. The third-order valence-corrected chi connectivity index (χ3v) is 2.36. The molecule has 0 fully saturated rings. The molecule has 0 radical (unpaired) electrons. The molecule has 0 atom stereocenters. The Morgan fingerprint density at radius 1 is 1.44 bits per heavy atom. The van der Waals surface area contributed by atoms with Crippen LogP contribution in [0.1, 0.15) is 0 Å². The standard InChI is InChI=1S/C11H9ClN2O2/c12-9-3-1-2-8(6-9)10-4-5-13-14(10)7-11(15)16/h1-6H,7H2,(H,15,16). The van der Waals surface area contributed by atoms with Gasteiger partial charge in [0.15, 0.2) is 0 Å². The first-order valence-electron chi connectivity index (χ1n) is 4.66. The molecular weight excluding hydrogens is 228 g/mol. The number of halogens is 1. The summed E-state index contributed by atoms with van der Waals surface area (Å²) in [6.45, 7) is -0.158. The minimum atomic E-state index is -0.924. The van der Waals surface area contributed by atoms with Crippen LogP contribution < -0.4 is 0 Å². The molecule has 5 heteroatoms. The highest BCUT2D eigenvalue weighted by Crippen LogP contribution is 2.22. The zero-order valence-electron chi connectivity index (χ0n) is 8.30. The van der Waals surface area contributed by atoms with Gasteiger partial charge in [0.25, 0.3) is 0 Å². The van der Waals surface area contributed by atoms with Crippen molar-refractivity contribution in [2.45, 2.75) is 6.54 Å². The van der Waals surface area contributed by atoms with Crippen molar-refractivity contribution in [2.24, 2.45) is 0 Å². The summed E-state index contributed by atoms with van der Waals surface area (Å²) in [7, 11) is 0. The van der Waals surface area contributed by atoms with Gasteiger partial charge in [-0.05, 0) is 18.2 Å². The van der Waals surface area contributed by atoms with Crippen LogP contribution in [0.3, 0.4) is 0 Å². The fourth-order valence-corrected chi connectivity index (χ4v) is 1.67. The molecule has 4 nitrogen and oxygen atoms in total. The van der Waals surface area contributed by atoms with Crippen molar-refractivity contribution in [3.05, 3.63) is 41.6 Å². The molecule has 0 saturated heterocycles. The summed E-state index contributed by atoms with van der Waals surface area (Å²) in [5.41, 5.74) is 1.59. The molecule has 0 amide bonds. The number of hydrogen-bond donors (Lipinski definition) is 1. The maximum atomic E-state index is 10.6. The van der Waals surface area contributed by atoms with Crippen LogP contribution in [0.4, 0.5) is 0 Å². The number of benzene rings is 1. The van der Waals surface area contributed by atoms with E-state index in [4.69, 9.17) is 16.7 Å². The largest absolute Gasteiger partial charge is 0.480 e. The highest BCUT2D eigenvalue weighted by molar-refractivity contribution is 6.30. The fraction of sp³-hybridized carbons (Fsp3) is 0.0909. The Bertz CT molecular complexity index is 522. The van der Waals surface area contributed by atoms with Crippen LogP contribution in [-0.2, 0) is 11.3 Å². The van der Waals surface area contributed by atoms with Gasteiger partial charge in [0.1, 0.15) is 6.54 Å². The van der Waals surface area contributed by atoms with Gasteiger partial charge in [0.05, 0.1) is 5.69 Å². The molecule has 16 heavy (non-hydrogen) atoms. The summed E-state index contributed by atoms with van der Waals surface area (Å²) in [5, 5.41) is 13.3. The van der Waals surface area contributed by atoms with E-state index in [1.165, 1.54) is 4.68 Å². The highest BCUT2D eigenvalue weighted by atomic mass is 35.5. The molecule has 1 aromatic carbocycles. The Morgan fingerprint density at radius 3 is 2.94 bits per heavy atom. The molecule has 82 valence electrons. The van der Waals surface area contributed by atoms with E-state index >= 15 is 0 Å². The van der Waals surface area contributed by atoms with Gasteiger partial charge in [0.2, 0.25) is 0 Å². The average Bonchev–Trinajstić information content (AvgIpc) is 2.65. The molecule has 2 rings (SSSR count). The number of carbonyl (C=O) groups is 1. The topological polar surface area (TPSA) is 55.1 Å². The van der Waals surface area contributed by atoms with Crippen molar-refractivity contribution in [3.63, 3.8) is 0 Å². The van der Waals surface area contributed by atoms with Crippen LogP contribution in [0.25, 0.3) is 11.3 Å². The molecule has 0 saturated carbocycles. The van der Waals surface area contributed by atoms with Crippen molar-refractivity contribution in [1.29, 1.82) is 0 Å². The predicted octanol–water partition coefficient (Wildman–Crippen LogP) is 2.29. The summed E-state index contributed by atoms with van der Waals surface area (Å²) in [5.74, 6) is -0.924. The van der Waals surface area contributed by atoms with E-state index in [2.05, 4.69) is 5.10 Å². The summed E-state index contributed by atoms with van der Waals surface area (Å²) >= 11 is 5.87.